The molecule has 39 heavy (non-hydrogen) atoms. The highest BCUT2D eigenvalue weighted by molar-refractivity contribution is 6.40. The summed E-state index contributed by atoms with van der Waals surface area (Å²) in [6.45, 7) is 4.31. The number of likely N-dealkylation sites (tertiary alicyclic amines) is 1. The molecule has 0 saturated carbocycles. The van der Waals surface area contributed by atoms with Crippen molar-refractivity contribution >= 4 is 34.2 Å². The molecule has 2 aliphatic rings. The Hall–Kier alpha value is -3.50. The van der Waals surface area contributed by atoms with Crippen molar-refractivity contribution in [3.8, 4) is 0 Å². The molecule has 10 nitrogen and oxygen atoms in total. The van der Waals surface area contributed by atoms with Gasteiger partial charge >= 0.3 is 11.8 Å². The van der Waals surface area contributed by atoms with Gasteiger partial charge in [-0.15, -0.1) is 0 Å². The molecular formula is C29H39N7O3. The molecule has 2 fully saturated rings. The van der Waals surface area contributed by atoms with Gasteiger partial charge in [-0.2, -0.15) is 5.10 Å². The maximum atomic E-state index is 13.5. The van der Waals surface area contributed by atoms with E-state index in [9.17, 15) is 9.59 Å². The van der Waals surface area contributed by atoms with Crippen LogP contribution < -0.4 is 11.1 Å². The Morgan fingerprint density at radius 3 is 2.67 bits per heavy atom. The number of nitrogen functional groups attached to an aromatic ring is 1. The summed E-state index contributed by atoms with van der Waals surface area (Å²) in [6, 6.07) is 8.30. The van der Waals surface area contributed by atoms with Gasteiger partial charge in [0.25, 0.3) is 0 Å². The van der Waals surface area contributed by atoms with E-state index < -0.39 is 11.8 Å². The third kappa shape index (κ3) is 6.07. The molecule has 1 aromatic carbocycles. The van der Waals surface area contributed by atoms with Crippen molar-refractivity contribution in [2.24, 2.45) is 5.92 Å². The number of aromatic nitrogens is 3. The lowest BCUT2D eigenvalue weighted by atomic mass is 9.89. The van der Waals surface area contributed by atoms with Gasteiger partial charge in [-0.25, -0.2) is 9.67 Å². The van der Waals surface area contributed by atoms with Crippen molar-refractivity contribution in [1.82, 2.24) is 24.6 Å². The monoisotopic (exact) mass is 533 g/mol. The van der Waals surface area contributed by atoms with Crippen LogP contribution in [0.1, 0.15) is 62.4 Å². The molecule has 3 atom stereocenters. The van der Waals surface area contributed by atoms with Crippen LogP contribution in [-0.2, 0) is 20.7 Å². The standard InChI is InChI=1S/C29H39N7O3/c1-19-7-12-24(21-10-8-20(9-11-21)13-14-34(2)3)35(17-19)29(38)28(37)32-23-16-31-27(30)22-18-36(33-26(22)23)25-6-4-5-15-39-25/h8-11,16,18-19,24-25H,4-7,12-15,17H2,1-3H3,(H2,30,31)(H,32,37). The summed E-state index contributed by atoms with van der Waals surface area (Å²) in [6.07, 6.45) is 8.81. The number of likely N-dealkylation sites (N-methyl/N-ethyl adjacent to an activating group) is 1. The number of hydrogen-bond acceptors (Lipinski definition) is 7. The third-order valence-electron chi connectivity index (χ3n) is 7.78. The van der Waals surface area contributed by atoms with E-state index >= 15 is 0 Å². The van der Waals surface area contributed by atoms with Gasteiger partial charge in [-0.05, 0) is 69.7 Å². The second-order valence-corrected chi connectivity index (χ2v) is 11.2. The predicted molar refractivity (Wildman–Crippen MR) is 151 cm³/mol. The number of fused-ring (bicyclic) bond motifs is 1. The molecule has 0 aliphatic carbocycles. The smallest absolute Gasteiger partial charge is 0.314 e. The van der Waals surface area contributed by atoms with Crippen LogP contribution in [0.2, 0.25) is 0 Å². The average Bonchev–Trinajstić information content (AvgIpc) is 3.41. The Morgan fingerprint density at radius 2 is 1.95 bits per heavy atom. The highest BCUT2D eigenvalue weighted by atomic mass is 16.5. The molecule has 2 amide bonds. The van der Waals surface area contributed by atoms with Gasteiger partial charge in [0.15, 0.2) is 0 Å². The van der Waals surface area contributed by atoms with Gasteiger partial charge in [0, 0.05) is 25.9 Å². The molecule has 208 valence electrons. The molecule has 10 heteroatoms. The van der Waals surface area contributed by atoms with Crippen LogP contribution >= 0.6 is 0 Å². The molecule has 4 heterocycles. The zero-order chi connectivity index (χ0) is 27.5. The number of carbonyl (C=O) groups is 2. The number of nitrogens with zero attached hydrogens (tertiary/aromatic N) is 5. The van der Waals surface area contributed by atoms with E-state index in [-0.39, 0.29) is 12.3 Å². The number of piperidine rings is 1. The number of hydrogen-bond donors (Lipinski definition) is 2. The fourth-order valence-electron chi connectivity index (χ4n) is 5.50. The molecule has 3 unspecified atom stereocenters. The minimum absolute atomic E-state index is 0.144. The summed E-state index contributed by atoms with van der Waals surface area (Å²) < 4.78 is 7.60. The maximum absolute atomic E-state index is 13.5. The largest absolute Gasteiger partial charge is 0.383 e. The fraction of sp³-hybridized carbons (Fsp3) is 0.517. The predicted octanol–water partition coefficient (Wildman–Crippen LogP) is 3.76. The Labute approximate surface area is 229 Å². The van der Waals surface area contributed by atoms with Crippen molar-refractivity contribution in [2.45, 2.75) is 57.7 Å². The van der Waals surface area contributed by atoms with Crippen LogP contribution in [0.5, 0.6) is 0 Å². The topological polar surface area (TPSA) is 119 Å². The Morgan fingerprint density at radius 1 is 1.15 bits per heavy atom. The number of nitrogens with one attached hydrogen (secondary N) is 1. The SMILES string of the molecule is CC1CCC(c2ccc(CCN(C)C)cc2)N(C(=O)C(=O)Nc2cnc(N)c3cn(C4CCCCO4)nc23)C1. The molecule has 3 N–H and O–H groups in total. The van der Waals surface area contributed by atoms with Gasteiger partial charge in [0.1, 0.15) is 17.6 Å². The second kappa shape index (κ2) is 11.7. The van der Waals surface area contributed by atoms with Gasteiger partial charge in [0.05, 0.1) is 23.3 Å². The quantitative estimate of drug-likeness (QED) is 0.463. The first-order valence-electron chi connectivity index (χ1n) is 13.9. The first kappa shape index (κ1) is 27.1. The number of pyridine rings is 1. The number of benzene rings is 1. The normalized spacial score (nSPS) is 21.8. The van der Waals surface area contributed by atoms with E-state index in [1.54, 1.807) is 15.8 Å². The highest BCUT2D eigenvalue weighted by Crippen LogP contribution is 2.34. The number of ether oxygens (including phenoxy) is 1. The summed E-state index contributed by atoms with van der Waals surface area (Å²) >= 11 is 0. The molecule has 2 aliphatic heterocycles. The van der Waals surface area contributed by atoms with E-state index in [1.165, 1.54) is 11.8 Å². The van der Waals surface area contributed by atoms with Crippen molar-refractivity contribution in [2.75, 3.05) is 44.8 Å². The van der Waals surface area contributed by atoms with Gasteiger partial charge in [-0.1, -0.05) is 31.2 Å². The van der Waals surface area contributed by atoms with E-state index in [4.69, 9.17) is 10.5 Å². The van der Waals surface area contributed by atoms with Crippen LogP contribution in [0.4, 0.5) is 11.5 Å². The van der Waals surface area contributed by atoms with E-state index in [0.29, 0.717) is 41.5 Å². The number of carbonyl (C=O) groups excluding carboxylic acids is 2. The zero-order valence-corrected chi connectivity index (χ0v) is 23.1. The Bertz CT molecular complexity index is 1310. The van der Waals surface area contributed by atoms with E-state index in [1.807, 2.05) is 0 Å². The first-order chi connectivity index (χ1) is 18.8. The molecule has 0 radical (unpaired) electrons. The highest BCUT2D eigenvalue weighted by Gasteiger charge is 2.34. The van der Waals surface area contributed by atoms with Gasteiger partial charge < -0.3 is 25.6 Å². The molecule has 3 aromatic rings. The number of rotatable bonds is 6. The van der Waals surface area contributed by atoms with Crippen molar-refractivity contribution in [3.05, 3.63) is 47.8 Å². The van der Waals surface area contributed by atoms with Crippen LogP contribution in [-0.4, -0.2) is 70.2 Å². The second-order valence-electron chi connectivity index (χ2n) is 11.2. The molecule has 2 saturated heterocycles. The summed E-state index contributed by atoms with van der Waals surface area (Å²) in [5.74, 6) is -0.625. The Balaban J connectivity index is 1.34. The van der Waals surface area contributed by atoms with Gasteiger partial charge in [0.2, 0.25) is 0 Å². The lowest BCUT2D eigenvalue weighted by Crippen LogP contribution is -2.46. The average molecular weight is 534 g/mol. The van der Waals surface area contributed by atoms with Crippen molar-refractivity contribution < 1.29 is 14.3 Å². The van der Waals surface area contributed by atoms with Crippen LogP contribution in [0, 0.1) is 5.92 Å². The molecular weight excluding hydrogens is 494 g/mol. The molecule has 5 rings (SSSR count). The first-order valence-corrected chi connectivity index (χ1v) is 13.9. The summed E-state index contributed by atoms with van der Waals surface area (Å²) in [7, 11) is 4.13. The summed E-state index contributed by atoms with van der Waals surface area (Å²) in [4.78, 5) is 35.0. The lowest BCUT2D eigenvalue weighted by molar-refractivity contribution is -0.146. The van der Waals surface area contributed by atoms with Crippen molar-refractivity contribution in [3.63, 3.8) is 0 Å². The van der Waals surface area contributed by atoms with Crippen LogP contribution in [0.15, 0.2) is 36.7 Å². The van der Waals surface area contributed by atoms with E-state index in [2.05, 4.69) is 65.6 Å². The fourth-order valence-corrected chi connectivity index (χ4v) is 5.50. The van der Waals surface area contributed by atoms with Crippen LogP contribution in [0.25, 0.3) is 10.9 Å². The summed E-state index contributed by atoms with van der Waals surface area (Å²) in [5.41, 5.74) is 9.29. The van der Waals surface area contributed by atoms with Gasteiger partial charge in [-0.3, -0.25) is 9.59 Å². The maximum Gasteiger partial charge on any atom is 0.314 e. The van der Waals surface area contributed by atoms with E-state index in [0.717, 1.165) is 50.6 Å². The minimum Gasteiger partial charge on any atom is -0.383 e. The minimum atomic E-state index is -0.701. The van der Waals surface area contributed by atoms with Crippen molar-refractivity contribution in [1.29, 1.82) is 0 Å². The summed E-state index contributed by atoms with van der Waals surface area (Å²) in [5, 5.41) is 8.06. The third-order valence-corrected chi connectivity index (χ3v) is 7.78. The number of nitrogens with two attached hydrogens (primary N) is 1. The Kier molecular flexibility index (Phi) is 8.13. The lowest BCUT2D eigenvalue weighted by Gasteiger charge is -2.38. The van der Waals surface area contributed by atoms with Crippen LogP contribution in [0.3, 0.4) is 0 Å². The molecule has 0 spiro atoms. The number of anilines is 2. The number of amides is 2. The zero-order valence-electron chi connectivity index (χ0n) is 23.1. The molecule has 0 bridgehead atoms. The molecule has 2 aromatic heterocycles.